The number of H-pyrrole nitrogens is 1. The van der Waals surface area contributed by atoms with Crippen LogP contribution in [-0.4, -0.2) is 21.9 Å². The van der Waals surface area contributed by atoms with Gasteiger partial charge in [0.25, 0.3) is 0 Å². The Morgan fingerprint density at radius 3 is 3.13 bits per heavy atom. The van der Waals surface area contributed by atoms with E-state index in [2.05, 4.69) is 27.4 Å². The number of rotatable bonds is 5. The van der Waals surface area contributed by atoms with E-state index in [1.54, 1.807) is 17.5 Å². The molecule has 1 amide bonds. The molecule has 1 saturated carbocycles. The number of fused-ring (bicyclic) bond motifs is 1. The Labute approximate surface area is 137 Å². The van der Waals surface area contributed by atoms with E-state index >= 15 is 0 Å². The minimum absolute atomic E-state index is 0.0474. The van der Waals surface area contributed by atoms with Crippen molar-refractivity contribution in [2.24, 2.45) is 5.73 Å². The van der Waals surface area contributed by atoms with Gasteiger partial charge in [-0.15, -0.1) is 11.3 Å². The highest BCUT2D eigenvalue weighted by atomic mass is 32.1. The molecule has 4 N–H and O–H groups in total. The summed E-state index contributed by atoms with van der Waals surface area (Å²) >= 11 is 1.64. The average molecular weight is 326 g/mol. The third-order valence-electron chi connectivity index (χ3n) is 4.06. The van der Waals surface area contributed by atoms with Crippen LogP contribution in [-0.2, 0) is 4.79 Å². The molecule has 0 radical (unpaired) electrons. The molecule has 1 fully saturated rings. The number of aromatic nitrogens is 2. The van der Waals surface area contributed by atoms with Gasteiger partial charge in [0.1, 0.15) is 5.65 Å². The van der Waals surface area contributed by atoms with Crippen molar-refractivity contribution in [3.8, 4) is 10.4 Å². The van der Waals surface area contributed by atoms with E-state index in [-0.39, 0.29) is 11.9 Å². The summed E-state index contributed by atoms with van der Waals surface area (Å²) in [6.07, 6.45) is 6.28. The molecular formula is C17H18N4OS. The summed E-state index contributed by atoms with van der Waals surface area (Å²) in [7, 11) is 0. The Kier molecular flexibility index (Phi) is 3.63. The van der Waals surface area contributed by atoms with Crippen LogP contribution in [0.15, 0.2) is 36.7 Å². The number of thiophene rings is 1. The van der Waals surface area contributed by atoms with E-state index in [1.165, 1.54) is 0 Å². The van der Waals surface area contributed by atoms with E-state index in [9.17, 15) is 4.79 Å². The summed E-state index contributed by atoms with van der Waals surface area (Å²) in [5.41, 5.74) is 8.21. The molecule has 0 saturated heterocycles. The zero-order chi connectivity index (χ0) is 15.8. The number of pyridine rings is 1. The molecule has 0 aromatic carbocycles. The van der Waals surface area contributed by atoms with Crippen molar-refractivity contribution in [3.63, 3.8) is 0 Å². The lowest BCUT2D eigenvalue weighted by atomic mass is 10.1. The topological polar surface area (TPSA) is 83.8 Å². The van der Waals surface area contributed by atoms with Crippen molar-refractivity contribution in [2.45, 2.75) is 31.3 Å². The predicted octanol–water partition coefficient (Wildman–Crippen LogP) is 2.96. The molecule has 4 rings (SSSR count). The summed E-state index contributed by atoms with van der Waals surface area (Å²) in [5.74, 6) is 0.0474. The first-order valence-corrected chi connectivity index (χ1v) is 8.59. The third kappa shape index (κ3) is 3.00. The minimum atomic E-state index is -0.254. The van der Waals surface area contributed by atoms with Gasteiger partial charge in [-0.1, -0.05) is 0 Å². The molecule has 1 aliphatic carbocycles. The van der Waals surface area contributed by atoms with Crippen molar-refractivity contribution in [2.75, 3.05) is 0 Å². The molecule has 0 bridgehead atoms. The number of nitrogens with two attached hydrogens (primary N) is 1. The fraction of sp³-hybridized carbons (Fsp3) is 0.294. The molecule has 0 aliphatic heterocycles. The maximum atomic E-state index is 11.9. The lowest BCUT2D eigenvalue weighted by Crippen LogP contribution is -2.28. The van der Waals surface area contributed by atoms with Crippen molar-refractivity contribution in [3.05, 3.63) is 41.5 Å². The fourth-order valence-corrected chi connectivity index (χ4v) is 3.71. The van der Waals surface area contributed by atoms with E-state index in [4.69, 9.17) is 5.73 Å². The number of hydrogen-bond donors (Lipinski definition) is 3. The van der Waals surface area contributed by atoms with Gasteiger partial charge in [-0.3, -0.25) is 4.79 Å². The summed E-state index contributed by atoms with van der Waals surface area (Å²) < 4.78 is 0. The monoisotopic (exact) mass is 326 g/mol. The molecule has 3 heterocycles. The Balaban J connectivity index is 1.52. The van der Waals surface area contributed by atoms with Gasteiger partial charge in [0.05, 0.1) is 0 Å². The van der Waals surface area contributed by atoms with Crippen molar-refractivity contribution < 1.29 is 4.79 Å². The lowest BCUT2D eigenvalue weighted by Gasteiger charge is -2.09. The van der Waals surface area contributed by atoms with E-state index in [1.807, 2.05) is 18.3 Å². The SMILES string of the molecule is N[C@H](CC(=O)NC1CC1)c1ccc(-c2c[nH]c3ncccc23)s1. The Hall–Kier alpha value is -2.18. The highest BCUT2D eigenvalue weighted by Crippen LogP contribution is 2.35. The molecule has 6 heteroatoms. The second-order valence-electron chi connectivity index (χ2n) is 5.96. The van der Waals surface area contributed by atoms with Gasteiger partial charge >= 0.3 is 0 Å². The van der Waals surface area contributed by atoms with Crippen LogP contribution in [0.4, 0.5) is 0 Å². The second-order valence-corrected chi connectivity index (χ2v) is 7.07. The lowest BCUT2D eigenvalue weighted by molar-refractivity contribution is -0.121. The van der Waals surface area contributed by atoms with E-state index < -0.39 is 0 Å². The highest BCUT2D eigenvalue weighted by Gasteiger charge is 2.24. The fourth-order valence-electron chi connectivity index (χ4n) is 2.67. The molecule has 5 nitrogen and oxygen atoms in total. The van der Waals surface area contributed by atoms with Crippen LogP contribution < -0.4 is 11.1 Å². The van der Waals surface area contributed by atoms with Crippen molar-refractivity contribution >= 4 is 28.3 Å². The first-order chi connectivity index (χ1) is 11.2. The quantitative estimate of drug-likeness (QED) is 0.674. The number of hydrogen-bond acceptors (Lipinski definition) is 4. The van der Waals surface area contributed by atoms with Crippen LogP contribution in [0.3, 0.4) is 0 Å². The summed E-state index contributed by atoms with van der Waals surface area (Å²) in [6, 6.07) is 8.19. The molecule has 3 aromatic heterocycles. The van der Waals surface area contributed by atoms with Crippen LogP contribution >= 0.6 is 11.3 Å². The number of carbonyl (C=O) groups is 1. The Morgan fingerprint density at radius 1 is 1.43 bits per heavy atom. The van der Waals surface area contributed by atoms with E-state index in [0.717, 1.165) is 39.2 Å². The largest absolute Gasteiger partial charge is 0.353 e. The van der Waals surface area contributed by atoms with Gasteiger partial charge in [-0.25, -0.2) is 4.98 Å². The molecule has 1 atom stereocenters. The average Bonchev–Trinajstić information content (AvgIpc) is 3.06. The third-order valence-corrected chi connectivity index (χ3v) is 5.31. The zero-order valence-electron chi connectivity index (χ0n) is 12.6. The van der Waals surface area contributed by atoms with E-state index in [0.29, 0.717) is 12.5 Å². The van der Waals surface area contributed by atoms with Gasteiger partial charge in [-0.05, 0) is 37.1 Å². The molecule has 1 aliphatic rings. The van der Waals surface area contributed by atoms with Crippen LogP contribution in [0.2, 0.25) is 0 Å². The van der Waals surface area contributed by atoms with Crippen LogP contribution in [0.5, 0.6) is 0 Å². The number of nitrogens with one attached hydrogen (secondary N) is 2. The van der Waals surface area contributed by atoms with Gasteiger partial charge < -0.3 is 16.0 Å². The maximum absolute atomic E-state index is 11.9. The summed E-state index contributed by atoms with van der Waals surface area (Å²) in [4.78, 5) is 21.6. The zero-order valence-corrected chi connectivity index (χ0v) is 13.4. The maximum Gasteiger partial charge on any atom is 0.222 e. The van der Waals surface area contributed by atoms with Crippen molar-refractivity contribution in [1.29, 1.82) is 0 Å². The number of carbonyl (C=O) groups excluding carboxylic acids is 1. The Bertz CT molecular complexity index is 849. The standard InChI is InChI=1S/C17H18N4OS/c18-13(8-16(22)21-10-3-4-10)15-6-5-14(23-15)12-9-20-17-11(12)2-1-7-19-17/h1-2,5-7,9-10,13H,3-4,8,18H2,(H,19,20)(H,21,22)/t13-/m1/s1. The normalized spacial score (nSPS) is 15.7. The van der Waals surface area contributed by atoms with Crippen LogP contribution in [0.1, 0.15) is 30.2 Å². The Morgan fingerprint density at radius 2 is 2.30 bits per heavy atom. The predicted molar refractivity (Wildman–Crippen MR) is 92.1 cm³/mol. The van der Waals surface area contributed by atoms with Gasteiger partial charge in [0, 0.05) is 51.6 Å². The van der Waals surface area contributed by atoms with Crippen LogP contribution in [0, 0.1) is 0 Å². The first kappa shape index (κ1) is 14.4. The molecule has 0 spiro atoms. The first-order valence-electron chi connectivity index (χ1n) is 7.78. The highest BCUT2D eigenvalue weighted by molar-refractivity contribution is 7.15. The van der Waals surface area contributed by atoms with Gasteiger partial charge in [0.15, 0.2) is 0 Å². The smallest absolute Gasteiger partial charge is 0.222 e. The summed E-state index contributed by atoms with van der Waals surface area (Å²) in [5, 5.41) is 4.08. The number of nitrogens with zero attached hydrogens (tertiary/aromatic N) is 1. The molecule has 118 valence electrons. The minimum Gasteiger partial charge on any atom is -0.353 e. The van der Waals surface area contributed by atoms with Crippen LogP contribution in [0.25, 0.3) is 21.5 Å². The number of aromatic amines is 1. The number of amides is 1. The summed E-state index contributed by atoms with van der Waals surface area (Å²) in [6.45, 7) is 0. The van der Waals surface area contributed by atoms with Crippen molar-refractivity contribution in [1.82, 2.24) is 15.3 Å². The second kappa shape index (κ2) is 5.79. The molecule has 3 aromatic rings. The van der Waals surface area contributed by atoms with Gasteiger partial charge in [0.2, 0.25) is 5.91 Å². The molecule has 23 heavy (non-hydrogen) atoms. The molecule has 0 unspecified atom stereocenters. The van der Waals surface area contributed by atoms with Gasteiger partial charge in [-0.2, -0.15) is 0 Å². The molecular weight excluding hydrogens is 308 g/mol.